The smallest absolute Gasteiger partial charge is 0.307 e. The lowest BCUT2D eigenvalue weighted by molar-refractivity contribution is -0.146. The van der Waals surface area contributed by atoms with Gasteiger partial charge in [-0.15, -0.1) is 0 Å². The number of rotatable bonds is 4. The summed E-state index contributed by atoms with van der Waals surface area (Å²) in [6, 6.07) is 0.168. The first-order valence-electron chi connectivity index (χ1n) is 8.52. The summed E-state index contributed by atoms with van der Waals surface area (Å²) in [6.07, 6.45) is 8.82. The van der Waals surface area contributed by atoms with E-state index in [4.69, 9.17) is 0 Å². The van der Waals surface area contributed by atoms with Crippen LogP contribution in [0.4, 0.5) is 0 Å². The topological polar surface area (TPSA) is 66.4 Å². The van der Waals surface area contributed by atoms with E-state index in [0.717, 1.165) is 0 Å². The van der Waals surface area contributed by atoms with E-state index in [1.54, 1.807) is 0 Å². The van der Waals surface area contributed by atoms with Crippen molar-refractivity contribution in [3.05, 3.63) is 0 Å². The summed E-state index contributed by atoms with van der Waals surface area (Å²) < 4.78 is 0. The quantitative estimate of drug-likeness (QED) is 0.783. The lowest BCUT2D eigenvalue weighted by Gasteiger charge is -2.26. The molecule has 0 aromatic carbocycles. The number of hydrogen-bond acceptors (Lipinski definition) is 2. The summed E-state index contributed by atoms with van der Waals surface area (Å²) in [4.78, 5) is 23.8. The highest BCUT2D eigenvalue weighted by Crippen LogP contribution is 2.37. The van der Waals surface area contributed by atoms with Gasteiger partial charge in [0.2, 0.25) is 5.91 Å². The van der Waals surface area contributed by atoms with Crippen LogP contribution in [0.1, 0.15) is 65.2 Å². The van der Waals surface area contributed by atoms with Crippen molar-refractivity contribution in [2.45, 2.75) is 71.3 Å². The number of hydrogen-bond donors (Lipinski definition) is 2. The van der Waals surface area contributed by atoms with Crippen LogP contribution in [0.25, 0.3) is 0 Å². The fourth-order valence-electron chi connectivity index (χ4n) is 4.11. The summed E-state index contributed by atoms with van der Waals surface area (Å²) >= 11 is 0. The number of carbonyl (C=O) groups is 2. The molecule has 2 aliphatic carbocycles. The van der Waals surface area contributed by atoms with Crippen LogP contribution >= 0.6 is 0 Å². The fraction of sp³-hybridized carbons (Fsp3) is 0.882. The SMILES string of the molecule is CC1CC(C(=O)O)C(C(=O)N[C@@H](C)C2CCCCCC2)C1. The van der Waals surface area contributed by atoms with Crippen LogP contribution in [0.3, 0.4) is 0 Å². The number of carbonyl (C=O) groups excluding carboxylic acids is 1. The van der Waals surface area contributed by atoms with Crippen molar-refractivity contribution in [3.63, 3.8) is 0 Å². The molecular formula is C17H29NO3. The first kappa shape index (κ1) is 16.3. The second-order valence-electron chi connectivity index (χ2n) is 7.18. The van der Waals surface area contributed by atoms with Gasteiger partial charge in [-0.05, 0) is 44.4 Å². The van der Waals surface area contributed by atoms with Gasteiger partial charge in [0, 0.05) is 6.04 Å². The normalized spacial score (nSPS) is 32.4. The molecule has 1 amide bonds. The van der Waals surface area contributed by atoms with Gasteiger partial charge in [-0.2, -0.15) is 0 Å². The number of amides is 1. The molecule has 2 saturated carbocycles. The van der Waals surface area contributed by atoms with Crippen molar-refractivity contribution < 1.29 is 14.7 Å². The number of nitrogens with one attached hydrogen (secondary N) is 1. The van der Waals surface area contributed by atoms with Crippen LogP contribution in [0.2, 0.25) is 0 Å². The van der Waals surface area contributed by atoms with Crippen molar-refractivity contribution in [2.75, 3.05) is 0 Å². The van der Waals surface area contributed by atoms with Crippen LogP contribution in [0.5, 0.6) is 0 Å². The van der Waals surface area contributed by atoms with Crippen LogP contribution in [-0.2, 0) is 9.59 Å². The van der Waals surface area contributed by atoms with E-state index < -0.39 is 11.9 Å². The molecule has 4 nitrogen and oxygen atoms in total. The molecule has 4 heteroatoms. The van der Waals surface area contributed by atoms with Gasteiger partial charge < -0.3 is 10.4 Å². The zero-order valence-corrected chi connectivity index (χ0v) is 13.3. The zero-order chi connectivity index (χ0) is 15.4. The lowest BCUT2D eigenvalue weighted by atomic mass is 9.91. The summed E-state index contributed by atoms with van der Waals surface area (Å²) in [5.41, 5.74) is 0. The van der Waals surface area contributed by atoms with Crippen molar-refractivity contribution in [1.82, 2.24) is 5.32 Å². The Bertz CT molecular complexity index is 374. The third-order valence-electron chi connectivity index (χ3n) is 5.43. The minimum absolute atomic E-state index is 0.0384. The molecule has 4 atom stereocenters. The van der Waals surface area contributed by atoms with Gasteiger partial charge in [-0.1, -0.05) is 32.6 Å². The van der Waals surface area contributed by atoms with Gasteiger partial charge in [0.25, 0.3) is 0 Å². The molecule has 0 aromatic heterocycles. The van der Waals surface area contributed by atoms with Gasteiger partial charge in [-0.25, -0.2) is 0 Å². The summed E-state index contributed by atoms with van der Waals surface area (Å²) in [6.45, 7) is 4.12. The molecule has 0 radical (unpaired) electrons. The van der Waals surface area contributed by atoms with Crippen molar-refractivity contribution >= 4 is 11.9 Å². The molecule has 0 aliphatic heterocycles. The molecule has 0 aromatic rings. The standard InChI is InChI=1S/C17H29NO3/c1-11-9-14(15(10-11)17(20)21)16(19)18-12(2)13-7-5-3-4-6-8-13/h11-15H,3-10H2,1-2H3,(H,18,19)(H,20,21)/t11?,12-,14?,15?/m0/s1. The van der Waals surface area contributed by atoms with Crippen LogP contribution < -0.4 is 5.32 Å². The van der Waals surface area contributed by atoms with E-state index >= 15 is 0 Å². The van der Waals surface area contributed by atoms with Crippen molar-refractivity contribution in [2.24, 2.45) is 23.7 Å². The molecule has 2 fully saturated rings. The Kier molecular flexibility index (Phi) is 5.65. The molecule has 3 unspecified atom stereocenters. The Balaban J connectivity index is 1.91. The van der Waals surface area contributed by atoms with Crippen LogP contribution in [0, 0.1) is 23.7 Å². The second-order valence-corrected chi connectivity index (χ2v) is 7.18. The number of aliphatic carboxylic acids is 1. The Morgan fingerprint density at radius 1 is 1.05 bits per heavy atom. The zero-order valence-electron chi connectivity index (χ0n) is 13.3. The Hall–Kier alpha value is -1.06. The van der Waals surface area contributed by atoms with Crippen LogP contribution in [-0.4, -0.2) is 23.0 Å². The monoisotopic (exact) mass is 295 g/mol. The highest BCUT2D eigenvalue weighted by atomic mass is 16.4. The molecule has 21 heavy (non-hydrogen) atoms. The van der Waals surface area contributed by atoms with E-state index in [9.17, 15) is 14.7 Å². The molecule has 0 spiro atoms. The highest BCUT2D eigenvalue weighted by molar-refractivity contribution is 5.85. The molecule has 2 aliphatic rings. The van der Waals surface area contributed by atoms with Gasteiger partial charge in [0.15, 0.2) is 0 Å². The second kappa shape index (κ2) is 7.28. The lowest BCUT2D eigenvalue weighted by Crippen LogP contribution is -2.43. The first-order chi connectivity index (χ1) is 9.99. The van der Waals surface area contributed by atoms with Gasteiger partial charge in [-0.3, -0.25) is 9.59 Å². The maximum atomic E-state index is 12.5. The average molecular weight is 295 g/mol. The van der Waals surface area contributed by atoms with Gasteiger partial charge in [0.05, 0.1) is 11.8 Å². The molecule has 0 heterocycles. The largest absolute Gasteiger partial charge is 0.481 e. The molecule has 0 bridgehead atoms. The highest BCUT2D eigenvalue weighted by Gasteiger charge is 2.41. The maximum absolute atomic E-state index is 12.5. The summed E-state index contributed by atoms with van der Waals surface area (Å²) in [5, 5.41) is 12.4. The number of carboxylic acids is 1. The average Bonchev–Trinajstić information content (AvgIpc) is 2.65. The predicted octanol–water partition coefficient (Wildman–Crippen LogP) is 3.21. The van der Waals surface area contributed by atoms with E-state index in [2.05, 4.69) is 12.2 Å². The molecule has 2 N–H and O–H groups in total. The van der Waals surface area contributed by atoms with Crippen LogP contribution in [0.15, 0.2) is 0 Å². The molecule has 120 valence electrons. The number of carboxylic acid groups (broad SMARTS) is 1. The maximum Gasteiger partial charge on any atom is 0.307 e. The van der Waals surface area contributed by atoms with Gasteiger partial charge in [0.1, 0.15) is 0 Å². The van der Waals surface area contributed by atoms with E-state index in [1.165, 1.54) is 38.5 Å². The van der Waals surface area contributed by atoms with Crippen molar-refractivity contribution in [3.8, 4) is 0 Å². The van der Waals surface area contributed by atoms with E-state index in [0.29, 0.717) is 24.7 Å². The van der Waals surface area contributed by atoms with E-state index in [-0.39, 0.29) is 17.9 Å². The fourth-order valence-corrected chi connectivity index (χ4v) is 4.11. The first-order valence-corrected chi connectivity index (χ1v) is 8.52. The Morgan fingerprint density at radius 3 is 2.19 bits per heavy atom. The molecular weight excluding hydrogens is 266 g/mol. The Morgan fingerprint density at radius 2 is 1.62 bits per heavy atom. The minimum atomic E-state index is -0.818. The van der Waals surface area contributed by atoms with Crippen molar-refractivity contribution in [1.29, 1.82) is 0 Å². The third kappa shape index (κ3) is 4.21. The molecule has 2 rings (SSSR count). The molecule has 0 saturated heterocycles. The summed E-state index contributed by atoms with van der Waals surface area (Å²) in [7, 11) is 0. The van der Waals surface area contributed by atoms with Gasteiger partial charge >= 0.3 is 5.97 Å². The predicted molar refractivity (Wildman–Crippen MR) is 81.8 cm³/mol. The Labute approximate surface area is 127 Å². The van der Waals surface area contributed by atoms with E-state index in [1.807, 2.05) is 6.92 Å². The minimum Gasteiger partial charge on any atom is -0.481 e. The summed E-state index contributed by atoms with van der Waals surface area (Å²) in [5.74, 6) is -0.814. The third-order valence-corrected chi connectivity index (χ3v) is 5.43.